The van der Waals surface area contributed by atoms with Gasteiger partial charge in [-0.25, -0.2) is 4.39 Å². The molecule has 0 radical (unpaired) electrons. The molecule has 0 saturated carbocycles. The molecule has 4 rings (SSSR count). The predicted octanol–water partition coefficient (Wildman–Crippen LogP) is 3.48. The molecule has 8 nitrogen and oxygen atoms in total. The second-order valence-electron chi connectivity index (χ2n) is 7.26. The number of hydrogen-bond acceptors (Lipinski definition) is 7. The molecule has 2 aliphatic heterocycles. The van der Waals surface area contributed by atoms with Crippen molar-refractivity contribution in [2.75, 3.05) is 12.1 Å². The Balaban J connectivity index is 1.35. The van der Waals surface area contributed by atoms with Crippen LogP contribution in [0, 0.1) is 5.82 Å². The van der Waals surface area contributed by atoms with Crippen LogP contribution in [0.4, 0.5) is 10.1 Å². The quantitative estimate of drug-likeness (QED) is 0.512. The largest absolute Gasteiger partial charge is 0.454 e. The molecular weight excluding hydrogens is 435 g/mol. The van der Waals surface area contributed by atoms with E-state index in [1.165, 1.54) is 18.2 Å². The van der Waals surface area contributed by atoms with Crippen LogP contribution >= 0.6 is 11.8 Å². The van der Waals surface area contributed by atoms with Crippen LogP contribution in [0.15, 0.2) is 52.7 Å². The first-order valence-corrected chi connectivity index (χ1v) is 10.9. The molecular formula is C22H21FN4O4S. The SMILES string of the molecule is C/C(CCc1ccc2c(c1)OCO2)=N\N=C1\NC(=O)CC(C(=O)Nc2ccccc2F)S1. The zero-order chi connectivity index (χ0) is 22.5. The minimum absolute atomic E-state index is 0.0310. The topological polar surface area (TPSA) is 101 Å². The molecule has 2 aliphatic rings. The van der Waals surface area contributed by atoms with Gasteiger partial charge in [0.25, 0.3) is 0 Å². The van der Waals surface area contributed by atoms with Crippen molar-refractivity contribution >= 4 is 40.1 Å². The fourth-order valence-electron chi connectivity index (χ4n) is 3.12. The minimum atomic E-state index is -0.730. The van der Waals surface area contributed by atoms with E-state index in [9.17, 15) is 14.0 Å². The summed E-state index contributed by atoms with van der Waals surface area (Å²) in [5, 5.41) is 12.9. The predicted molar refractivity (Wildman–Crippen MR) is 121 cm³/mol. The number of nitrogens with one attached hydrogen (secondary N) is 2. The van der Waals surface area contributed by atoms with Crippen molar-refractivity contribution in [2.24, 2.45) is 10.2 Å². The van der Waals surface area contributed by atoms with Gasteiger partial charge in [0.1, 0.15) is 11.1 Å². The van der Waals surface area contributed by atoms with Crippen molar-refractivity contribution in [3.63, 3.8) is 0 Å². The van der Waals surface area contributed by atoms with Crippen LogP contribution in [0.25, 0.3) is 0 Å². The summed E-state index contributed by atoms with van der Waals surface area (Å²) in [6, 6.07) is 11.7. The van der Waals surface area contributed by atoms with Gasteiger partial charge in [-0.05, 0) is 49.6 Å². The molecule has 2 N–H and O–H groups in total. The van der Waals surface area contributed by atoms with Crippen molar-refractivity contribution in [1.82, 2.24) is 5.32 Å². The van der Waals surface area contributed by atoms with E-state index in [0.29, 0.717) is 6.42 Å². The molecule has 0 spiro atoms. The molecule has 2 aromatic rings. The number of hydrogen-bond donors (Lipinski definition) is 2. The normalized spacial score (nSPS) is 19.1. The highest BCUT2D eigenvalue weighted by Gasteiger charge is 2.30. The van der Waals surface area contributed by atoms with Crippen molar-refractivity contribution in [1.29, 1.82) is 0 Å². The monoisotopic (exact) mass is 456 g/mol. The highest BCUT2D eigenvalue weighted by Crippen LogP contribution is 2.32. The molecule has 10 heteroatoms. The molecule has 0 aliphatic carbocycles. The fraction of sp³-hybridized carbons (Fsp3) is 0.273. The zero-order valence-electron chi connectivity index (χ0n) is 17.3. The van der Waals surface area contributed by atoms with Crippen molar-refractivity contribution < 1.29 is 23.5 Å². The lowest BCUT2D eigenvalue weighted by Crippen LogP contribution is -2.42. The molecule has 1 unspecified atom stereocenters. The van der Waals surface area contributed by atoms with E-state index in [-0.39, 0.29) is 30.0 Å². The third-order valence-corrected chi connectivity index (χ3v) is 5.89. The van der Waals surface area contributed by atoms with Gasteiger partial charge in [0.05, 0.1) is 5.69 Å². The van der Waals surface area contributed by atoms with Crippen LogP contribution in [-0.4, -0.2) is 34.7 Å². The number of halogens is 1. The standard InChI is InChI=1S/C22H21FN4O4S/c1-13(6-7-14-8-9-17-18(10-14)31-12-30-17)26-27-22-25-20(28)11-19(32-22)21(29)24-16-5-3-2-4-15(16)23/h2-5,8-10,19H,6-7,11-12H2,1H3,(H,24,29)(H,25,27,28)/b26-13+. The average molecular weight is 456 g/mol. The van der Waals surface area contributed by atoms with E-state index in [1.54, 1.807) is 6.07 Å². The number of benzene rings is 2. The summed E-state index contributed by atoms with van der Waals surface area (Å²) in [5.41, 5.74) is 1.92. The van der Waals surface area contributed by atoms with Gasteiger partial charge in [-0.2, -0.15) is 5.10 Å². The summed E-state index contributed by atoms with van der Waals surface area (Å²) in [7, 11) is 0. The van der Waals surface area contributed by atoms with Crippen LogP contribution in [0.2, 0.25) is 0 Å². The lowest BCUT2D eigenvalue weighted by molar-refractivity contribution is -0.123. The number of amidine groups is 1. The lowest BCUT2D eigenvalue weighted by atomic mass is 10.1. The van der Waals surface area contributed by atoms with Crippen LogP contribution in [0.5, 0.6) is 11.5 Å². The summed E-state index contributed by atoms with van der Waals surface area (Å²) in [6.45, 7) is 2.08. The number of carbonyl (C=O) groups is 2. The lowest BCUT2D eigenvalue weighted by Gasteiger charge is -2.21. The Kier molecular flexibility index (Phi) is 6.69. The molecule has 166 valence electrons. The summed E-state index contributed by atoms with van der Waals surface area (Å²) in [6.07, 6.45) is 1.37. The maximum atomic E-state index is 13.8. The zero-order valence-corrected chi connectivity index (χ0v) is 18.1. The third kappa shape index (κ3) is 5.44. The number of aryl methyl sites for hydroxylation is 1. The van der Waals surface area contributed by atoms with Crippen LogP contribution in [-0.2, 0) is 16.0 Å². The van der Waals surface area contributed by atoms with Crippen molar-refractivity contribution in [2.45, 2.75) is 31.4 Å². The number of anilines is 1. The Labute approximate surface area is 188 Å². The Hall–Kier alpha value is -3.40. The van der Waals surface area contributed by atoms with E-state index in [4.69, 9.17) is 9.47 Å². The van der Waals surface area contributed by atoms with Gasteiger partial charge >= 0.3 is 0 Å². The first kappa shape index (κ1) is 21.8. The van der Waals surface area contributed by atoms with E-state index in [0.717, 1.165) is 41.0 Å². The number of para-hydroxylation sites is 1. The summed E-state index contributed by atoms with van der Waals surface area (Å²) < 4.78 is 24.5. The number of amides is 2. The molecule has 32 heavy (non-hydrogen) atoms. The number of thioether (sulfide) groups is 1. The maximum Gasteiger partial charge on any atom is 0.238 e. The Morgan fingerprint density at radius 1 is 1.25 bits per heavy atom. The molecule has 0 bridgehead atoms. The molecule has 1 fully saturated rings. The second kappa shape index (κ2) is 9.82. The minimum Gasteiger partial charge on any atom is -0.454 e. The van der Waals surface area contributed by atoms with Crippen LogP contribution in [0.1, 0.15) is 25.3 Å². The molecule has 1 saturated heterocycles. The number of rotatable bonds is 6. The number of nitrogens with zero attached hydrogens (tertiary/aromatic N) is 2. The smallest absolute Gasteiger partial charge is 0.238 e. The molecule has 1 atom stereocenters. The van der Waals surface area contributed by atoms with Crippen LogP contribution in [0.3, 0.4) is 0 Å². The molecule has 2 amide bonds. The van der Waals surface area contributed by atoms with Gasteiger partial charge in [0.2, 0.25) is 18.6 Å². The van der Waals surface area contributed by atoms with E-state index in [1.807, 2.05) is 25.1 Å². The Morgan fingerprint density at radius 2 is 2.06 bits per heavy atom. The second-order valence-corrected chi connectivity index (χ2v) is 8.45. The van der Waals surface area contributed by atoms with Crippen molar-refractivity contribution in [3.8, 4) is 11.5 Å². The summed E-state index contributed by atoms with van der Waals surface area (Å²) >= 11 is 1.08. The number of carbonyl (C=O) groups excluding carboxylic acids is 2. The maximum absolute atomic E-state index is 13.8. The van der Waals surface area contributed by atoms with Crippen molar-refractivity contribution in [3.05, 3.63) is 53.8 Å². The van der Waals surface area contributed by atoms with Gasteiger partial charge in [-0.15, -0.1) is 5.10 Å². The first-order valence-electron chi connectivity index (χ1n) is 9.99. The molecule has 2 aromatic carbocycles. The molecule has 2 heterocycles. The Morgan fingerprint density at radius 3 is 2.91 bits per heavy atom. The number of ether oxygens (including phenoxy) is 2. The average Bonchev–Trinajstić information content (AvgIpc) is 3.25. The van der Waals surface area contributed by atoms with E-state index >= 15 is 0 Å². The number of fused-ring (bicyclic) bond motifs is 1. The van der Waals surface area contributed by atoms with E-state index in [2.05, 4.69) is 20.8 Å². The van der Waals surface area contributed by atoms with Gasteiger partial charge in [-0.1, -0.05) is 30.0 Å². The third-order valence-electron chi connectivity index (χ3n) is 4.82. The Bertz CT molecular complexity index is 1110. The van der Waals surface area contributed by atoms with Gasteiger partial charge in [0, 0.05) is 12.1 Å². The van der Waals surface area contributed by atoms with Gasteiger partial charge in [0.15, 0.2) is 16.7 Å². The van der Waals surface area contributed by atoms with Gasteiger partial charge < -0.3 is 20.1 Å². The van der Waals surface area contributed by atoms with Gasteiger partial charge in [-0.3, -0.25) is 9.59 Å². The highest BCUT2D eigenvalue weighted by molar-refractivity contribution is 8.15. The summed E-state index contributed by atoms with van der Waals surface area (Å²) in [4.78, 5) is 24.5. The fourth-order valence-corrected chi connectivity index (χ4v) is 4.05. The summed E-state index contributed by atoms with van der Waals surface area (Å²) in [5.74, 6) is 0.126. The van der Waals surface area contributed by atoms with E-state index < -0.39 is 17.0 Å². The molecule has 0 aromatic heterocycles. The first-order chi connectivity index (χ1) is 15.5. The van der Waals surface area contributed by atoms with Crippen LogP contribution < -0.4 is 20.1 Å². The highest BCUT2D eigenvalue weighted by atomic mass is 32.2.